The number of hydrogen-bond donors (Lipinski definition) is 0. The summed E-state index contributed by atoms with van der Waals surface area (Å²) in [6, 6.07) is 35.6. The van der Waals surface area contributed by atoms with E-state index in [1.54, 1.807) is 5.57 Å². The second-order valence-corrected chi connectivity index (χ2v) is 9.19. The molecule has 0 amide bonds. The molecular weight excluding hydrogens is 396 g/mol. The molecule has 0 fully saturated rings. The van der Waals surface area contributed by atoms with Crippen molar-refractivity contribution in [1.29, 1.82) is 0 Å². The van der Waals surface area contributed by atoms with E-state index < -0.39 is 0 Å². The van der Waals surface area contributed by atoms with Gasteiger partial charge in [0, 0.05) is 0 Å². The van der Waals surface area contributed by atoms with Gasteiger partial charge in [-0.05, 0) is 74.2 Å². The van der Waals surface area contributed by atoms with Crippen LogP contribution in [0, 0.1) is 0 Å². The summed E-state index contributed by atoms with van der Waals surface area (Å²) in [5.74, 6) is 0. The second kappa shape index (κ2) is 8.37. The van der Waals surface area contributed by atoms with Crippen LogP contribution in [0.5, 0.6) is 0 Å². The highest BCUT2D eigenvalue weighted by Gasteiger charge is 2.22. The lowest BCUT2D eigenvalue weighted by molar-refractivity contribution is 0.779. The molecule has 0 atom stereocenters. The van der Waals surface area contributed by atoms with Gasteiger partial charge in [0.2, 0.25) is 0 Å². The molecule has 0 heterocycles. The van der Waals surface area contributed by atoms with Gasteiger partial charge in [0.1, 0.15) is 0 Å². The smallest absolute Gasteiger partial charge is 0.00514 e. The Morgan fingerprint density at radius 2 is 1.15 bits per heavy atom. The SMILES string of the molecule is CCCCC1=Cc2c(-c3cccc4ccccc34)ccc(-c3cccc4ccccc34)c2C1. The zero-order valence-electron chi connectivity index (χ0n) is 19.1. The summed E-state index contributed by atoms with van der Waals surface area (Å²) in [4.78, 5) is 0. The predicted molar refractivity (Wildman–Crippen MR) is 144 cm³/mol. The minimum Gasteiger partial charge on any atom is -0.0654 e. The summed E-state index contributed by atoms with van der Waals surface area (Å²) in [7, 11) is 0. The third kappa shape index (κ3) is 3.47. The molecule has 0 unspecified atom stereocenters. The lowest BCUT2D eigenvalue weighted by atomic mass is 9.87. The van der Waals surface area contributed by atoms with Crippen LogP contribution in [-0.4, -0.2) is 0 Å². The zero-order chi connectivity index (χ0) is 22.2. The first-order chi connectivity index (χ1) is 16.3. The molecule has 0 spiro atoms. The third-order valence-electron chi connectivity index (χ3n) is 7.12. The molecule has 0 aliphatic heterocycles. The van der Waals surface area contributed by atoms with Crippen molar-refractivity contribution in [3.63, 3.8) is 0 Å². The number of unbranched alkanes of at least 4 members (excludes halogenated alkanes) is 1. The molecule has 33 heavy (non-hydrogen) atoms. The first-order valence-corrected chi connectivity index (χ1v) is 12.1. The Balaban J connectivity index is 1.59. The fraction of sp³-hybridized carbons (Fsp3) is 0.152. The maximum Gasteiger partial charge on any atom is -0.00514 e. The summed E-state index contributed by atoms with van der Waals surface area (Å²) in [6.45, 7) is 2.28. The van der Waals surface area contributed by atoms with E-state index in [0.717, 1.165) is 6.42 Å². The lowest BCUT2D eigenvalue weighted by Crippen LogP contribution is -1.95. The van der Waals surface area contributed by atoms with Crippen LogP contribution in [0.15, 0.2) is 103 Å². The minimum absolute atomic E-state index is 1.06. The minimum atomic E-state index is 1.06. The lowest BCUT2D eigenvalue weighted by Gasteiger charge is -2.16. The molecule has 0 nitrogen and oxygen atoms in total. The van der Waals surface area contributed by atoms with Crippen LogP contribution in [0.4, 0.5) is 0 Å². The molecule has 0 saturated heterocycles. The highest BCUT2D eigenvalue weighted by molar-refractivity contribution is 6.02. The molecular formula is C33H28. The highest BCUT2D eigenvalue weighted by Crippen LogP contribution is 2.43. The van der Waals surface area contributed by atoms with Crippen molar-refractivity contribution in [2.75, 3.05) is 0 Å². The largest absolute Gasteiger partial charge is 0.0654 e. The molecule has 6 rings (SSSR count). The Morgan fingerprint density at radius 1 is 0.576 bits per heavy atom. The number of benzene rings is 5. The van der Waals surface area contributed by atoms with Crippen LogP contribution in [0.25, 0.3) is 49.9 Å². The molecule has 0 aromatic heterocycles. The van der Waals surface area contributed by atoms with Crippen LogP contribution in [-0.2, 0) is 6.42 Å². The summed E-state index contributed by atoms with van der Waals surface area (Å²) in [6.07, 6.45) is 7.24. The average Bonchev–Trinajstić information content (AvgIpc) is 3.30. The van der Waals surface area contributed by atoms with E-state index in [2.05, 4.69) is 110 Å². The second-order valence-electron chi connectivity index (χ2n) is 9.19. The Bertz CT molecular complexity index is 1510. The van der Waals surface area contributed by atoms with Crippen molar-refractivity contribution in [2.24, 2.45) is 0 Å². The van der Waals surface area contributed by atoms with Gasteiger partial charge in [-0.1, -0.05) is 122 Å². The van der Waals surface area contributed by atoms with Crippen LogP contribution < -0.4 is 0 Å². The quantitative estimate of drug-likeness (QED) is 0.263. The maximum atomic E-state index is 2.50. The van der Waals surface area contributed by atoms with E-state index in [9.17, 15) is 0 Å². The van der Waals surface area contributed by atoms with E-state index in [0.29, 0.717) is 0 Å². The van der Waals surface area contributed by atoms with Gasteiger partial charge in [-0.2, -0.15) is 0 Å². The van der Waals surface area contributed by atoms with E-state index in [1.807, 2.05) is 0 Å². The Kier molecular flexibility index (Phi) is 5.07. The molecule has 0 saturated carbocycles. The summed E-state index contributed by atoms with van der Waals surface area (Å²) in [5.41, 5.74) is 9.90. The van der Waals surface area contributed by atoms with Crippen molar-refractivity contribution < 1.29 is 0 Å². The van der Waals surface area contributed by atoms with E-state index in [4.69, 9.17) is 0 Å². The molecule has 5 aromatic carbocycles. The molecule has 5 aromatic rings. The van der Waals surface area contributed by atoms with Gasteiger partial charge in [0.25, 0.3) is 0 Å². The van der Waals surface area contributed by atoms with Gasteiger partial charge in [-0.25, -0.2) is 0 Å². The Hall–Kier alpha value is -3.64. The Labute approximate surface area is 196 Å². The average molecular weight is 425 g/mol. The molecule has 1 aliphatic rings. The molecule has 0 N–H and O–H groups in total. The first-order valence-electron chi connectivity index (χ1n) is 12.1. The van der Waals surface area contributed by atoms with Crippen LogP contribution >= 0.6 is 0 Å². The number of allylic oxidation sites excluding steroid dienone is 1. The molecule has 1 aliphatic carbocycles. The van der Waals surface area contributed by atoms with Gasteiger partial charge in [-0.15, -0.1) is 0 Å². The monoisotopic (exact) mass is 424 g/mol. The van der Waals surface area contributed by atoms with Gasteiger partial charge in [0.05, 0.1) is 0 Å². The summed E-state index contributed by atoms with van der Waals surface area (Å²) < 4.78 is 0. The van der Waals surface area contributed by atoms with E-state index in [1.165, 1.54) is 74.2 Å². The number of fused-ring (bicyclic) bond motifs is 3. The summed E-state index contributed by atoms with van der Waals surface area (Å²) in [5, 5.41) is 5.27. The third-order valence-corrected chi connectivity index (χ3v) is 7.12. The van der Waals surface area contributed by atoms with Crippen molar-refractivity contribution in [3.05, 3.63) is 114 Å². The first kappa shape index (κ1) is 20.0. The van der Waals surface area contributed by atoms with Crippen LogP contribution in [0.2, 0.25) is 0 Å². The van der Waals surface area contributed by atoms with Gasteiger partial charge in [-0.3, -0.25) is 0 Å². The number of rotatable bonds is 5. The molecule has 0 heteroatoms. The van der Waals surface area contributed by atoms with Gasteiger partial charge in [0.15, 0.2) is 0 Å². The van der Waals surface area contributed by atoms with Crippen molar-refractivity contribution in [3.8, 4) is 22.3 Å². The van der Waals surface area contributed by atoms with Crippen molar-refractivity contribution in [1.82, 2.24) is 0 Å². The van der Waals surface area contributed by atoms with Gasteiger partial charge < -0.3 is 0 Å². The van der Waals surface area contributed by atoms with Gasteiger partial charge >= 0.3 is 0 Å². The van der Waals surface area contributed by atoms with E-state index >= 15 is 0 Å². The number of hydrogen-bond acceptors (Lipinski definition) is 0. The fourth-order valence-electron chi connectivity index (χ4n) is 5.47. The predicted octanol–water partition coefficient (Wildman–Crippen LogP) is 9.46. The van der Waals surface area contributed by atoms with Crippen molar-refractivity contribution in [2.45, 2.75) is 32.6 Å². The standard InChI is InChI=1S/C33H28/c1-2-3-10-23-21-32-30(28-17-8-13-24-11-4-6-15-26(24)28)19-20-31(33(32)22-23)29-18-9-14-25-12-5-7-16-27(25)29/h4-9,11-21H,2-3,10,22H2,1H3. The molecule has 0 bridgehead atoms. The normalized spacial score (nSPS) is 12.8. The van der Waals surface area contributed by atoms with Crippen LogP contribution in [0.3, 0.4) is 0 Å². The fourth-order valence-corrected chi connectivity index (χ4v) is 5.47. The Morgan fingerprint density at radius 3 is 1.82 bits per heavy atom. The van der Waals surface area contributed by atoms with Crippen molar-refractivity contribution >= 4 is 27.6 Å². The van der Waals surface area contributed by atoms with Crippen LogP contribution in [0.1, 0.15) is 37.3 Å². The molecule has 160 valence electrons. The summed E-state index contributed by atoms with van der Waals surface area (Å²) >= 11 is 0. The molecule has 0 radical (unpaired) electrons. The zero-order valence-corrected chi connectivity index (χ0v) is 19.1. The van der Waals surface area contributed by atoms with E-state index in [-0.39, 0.29) is 0 Å². The highest BCUT2D eigenvalue weighted by atomic mass is 14.3. The maximum absolute atomic E-state index is 2.50. The topological polar surface area (TPSA) is 0 Å².